The van der Waals surface area contributed by atoms with Crippen molar-refractivity contribution in [1.29, 1.82) is 0 Å². The smallest absolute Gasteiger partial charge is 0.0816 e. The Kier molecular flexibility index (Phi) is 3.64. The van der Waals surface area contributed by atoms with E-state index in [-0.39, 0.29) is 0 Å². The first-order valence-corrected chi connectivity index (χ1v) is 8.16. The van der Waals surface area contributed by atoms with Gasteiger partial charge in [-0.05, 0) is 40.3 Å². The van der Waals surface area contributed by atoms with Gasteiger partial charge in [0.15, 0.2) is 0 Å². The Balaban J connectivity index is 2.06. The molecule has 0 spiro atoms. The number of benzene rings is 3. The van der Waals surface area contributed by atoms with Gasteiger partial charge in [-0.15, -0.1) is 0 Å². The average molecular weight is 341 g/mol. The minimum atomic E-state index is 0.774. The maximum atomic E-state index is 6.03. The van der Waals surface area contributed by atoms with E-state index >= 15 is 0 Å². The van der Waals surface area contributed by atoms with Crippen LogP contribution in [0.5, 0.6) is 0 Å². The van der Waals surface area contributed by atoms with Gasteiger partial charge in [0.05, 0.1) is 11.4 Å². The highest BCUT2D eigenvalue weighted by Gasteiger charge is 2.25. The zero-order valence-corrected chi connectivity index (χ0v) is 13.7. The number of nitrogens with one attached hydrogen (secondary N) is 2. The van der Waals surface area contributed by atoms with Crippen LogP contribution >= 0.6 is 23.6 Å². The first kappa shape index (κ1) is 14.4. The van der Waals surface area contributed by atoms with E-state index in [2.05, 4.69) is 52.1 Å². The van der Waals surface area contributed by atoms with E-state index in [0.29, 0.717) is 0 Å². The zero-order chi connectivity index (χ0) is 15.8. The molecule has 0 saturated carbocycles. The molecule has 0 radical (unpaired) electrons. The molecule has 1 aliphatic carbocycles. The van der Waals surface area contributed by atoms with Crippen LogP contribution in [0.1, 0.15) is 11.1 Å². The van der Waals surface area contributed by atoms with E-state index in [1.807, 2.05) is 18.2 Å². The first-order valence-electron chi connectivity index (χ1n) is 7.40. The fraction of sp³-hybridized carbons (Fsp3) is 0.0526. The molecule has 0 aliphatic heterocycles. The molecule has 3 aromatic carbocycles. The number of anilines is 2. The number of fused-ring (bicyclic) bond motifs is 3. The van der Waals surface area contributed by atoms with Gasteiger partial charge in [-0.2, -0.15) is 0 Å². The predicted octanol–water partition coefficient (Wildman–Crippen LogP) is 6.06. The Bertz CT molecular complexity index is 876. The molecular formula is C19H14Cl2N2. The van der Waals surface area contributed by atoms with Crippen molar-refractivity contribution in [2.45, 2.75) is 6.42 Å². The number of hydrogen-bond donors (Lipinski definition) is 2. The van der Waals surface area contributed by atoms with Gasteiger partial charge in [0.1, 0.15) is 0 Å². The minimum absolute atomic E-state index is 0.774. The van der Waals surface area contributed by atoms with Gasteiger partial charge in [-0.3, -0.25) is 9.67 Å². The van der Waals surface area contributed by atoms with E-state index in [1.54, 1.807) is 0 Å². The SMILES string of the molecule is ClNc1cc2c(c(-c3ccccc3)c1NCl)Cc1ccccc1-2. The Hall–Kier alpha value is -2.16. The fourth-order valence-corrected chi connectivity index (χ4v) is 3.72. The molecule has 4 rings (SSSR count). The van der Waals surface area contributed by atoms with Gasteiger partial charge in [0, 0.05) is 29.1 Å². The monoisotopic (exact) mass is 340 g/mol. The van der Waals surface area contributed by atoms with Crippen molar-refractivity contribution < 1.29 is 0 Å². The molecule has 114 valence electrons. The van der Waals surface area contributed by atoms with Crippen molar-refractivity contribution in [2.75, 3.05) is 9.67 Å². The number of halogens is 2. The summed E-state index contributed by atoms with van der Waals surface area (Å²) in [4.78, 5) is 5.54. The molecule has 0 bridgehead atoms. The van der Waals surface area contributed by atoms with Crippen LogP contribution in [0.25, 0.3) is 22.3 Å². The molecule has 2 N–H and O–H groups in total. The van der Waals surface area contributed by atoms with Crippen LogP contribution in [0.4, 0.5) is 11.4 Å². The summed E-state index contributed by atoms with van der Waals surface area (Å²) in [6.07, 6.45) is 0.893. The Morgan fingerprint density at radius 1 is 0.783 bits per heavy atom. The van der Waals surface area contributed by atoms with Gasteiger partial charge in [-0.1, -0.05) is 54.6 Å². The summed E-state index contributed by atoms with van der Waals surface area (Å²) in [5.41, 5.74) is 8.86. The topological polar surface area (TPSA) is 24.1 Å². The van der Waals surface area contributed by atoms with E-state index in [9.17, 15) is 0 Å². The Morgan fingerprint density at radius 3 is 2.26 bits per heavy atom. The van der Waals surface area contributed by atoms with Crippen LogP contribution in [0.2, 0.25) is 0 Å². The lowest BCUT2D eigenvalue weighted by molar-refractivity contribution is 1.26. The molecule has 0 atom stereocenters. The minimum Gasteiger partial charge on any atom is -0.296 e. The average Bonchev–Trinajstić information content (AvgIpc) is 2.98. The molecule has 0 heterocycles. The van der Waals surface area contributed by atoms with Crippen LogP contribution < -0.4 is 9.67 Å². The maximum absolute atomic E-state index is 6.03. The van der Waals surface area contributed by atoms with Crippen molar-refractivity contribution >= 4 is 34.9 Å². The van der Waals surface area contributed by atoms with E-state index < -0.39 is 0 Å². The van der Waals surface area contributed by atoms with Crippen LogP contribution in [-0.4, -0.2) is 0 Å². The lowest BCUT2D eigenvalue weighted by Crippen LogP contribution is -1.98. The van der Waals surface area contributed by atoms with E-state index in [4.69, 9.17) is 23.6 Å². The largest absolute Gasteiger partial charge is 0.296 e. The molecule has 0 fully saturated rings. The summed E-state index contributed by atoms with van der Waals surface area (Å²) in [5.74, 6) is 0. The molecule has 4 heteroatoms. The van der Waals surface area contributed by atoms with Gasteiger partial charge >= 0.3 is 0 Å². The quantitative estimate of drug-likeness (QED) is 0.443. The summed E-state index contributed by atoms with van der Waals surface area (Å²) in [6, 6.07) is 20.8. The number of hydrogen-bond acceptors (Lipinski definition) is 2. The molecule has 0 aromatic heterocycles. The van der Waals surface area contributed by atoms with Gasteiger partial charge in [-0.25, -0.2) is 0 Å². The van der Waals surface area contributed by atoms with Crippen molar-refractivity contribution in [3.05, 3.63) is 71.8 Å². The summed E-state index contributed by atoms with van der Waals surface area (Å²) >= 11 is 12.0. The molecule has 3 aromatic rings. The Morgan fingerprint density at radius 2 is 1.52 bits per heavy atom. The van der Waals surface area contributed by atoms with Crippen molar-refractivity contribution in [1.82, 2.24) is 0 Å². The molecule has 2 nitrogen and oxygen atoms in total. The first-order chi connectivity index (χ1) is 11.3. The van der Waals surface area contributed by atoms with Gasteiger partial charge in [0.2, 0.25) is 0 Å². The predicted molar refractivity (Wildman–Crippen MR) is 99.1 cm³/mol. The number of rotatable bonds is 3. The molecule has 0 amide bonds. The van der Waals surface area contributed by atoms with Crippen molar-refractivity contribution in [3.63, 3.8) is 0 Å². The summed E-state index contributed by atoms with van der Waals surface area (Å²) in [6.45, 7) is 0. The zero-order valence-electron chi connectivity index (χ0n) is 12.2. The second-order valence-corrected chi connectivity index (χ2v) is 5.97. The third-order valence-corrected chi connectivity index (χ3v) is 4.76. The van der Waals surface area contributed by atoms with Gasteiger partial charge in [0.25, 0.3) is 0 Å². The summed E-state index contributed by atoms with van der Waals surface area (Å²) in [5, 5.41) is 0. The lowest BCUT2D eigenvalue weighted by Gasteiger charge is -2.17. The molecule has 23 heavy (non-hydrogen) atoms. The van der Waals surface area contributed by atoms with Gasteiger partial charge < -0.3 is 0 Å². The molecule has 0 unspecified atom stereocenters. The molecule has 0 saturated heterocycles. The lowest BCUT2D eigenvalue weighted by atomic mass is 9.93. The van der Waals surface area contributed by atoms with Crippen LogP contribution in [-0.2, 0) is 6.42 Å². The molecular weight excluding hydrogens is 327 g/mol. The highest BCUT2D eigenvalue weighted by molar-refractivity contribution is 6.29. The van der Waals surface area contributed by atoms with Crippen molar-refractivity contribution in [3.8, 4) is 22.3 Å². The third kappa shape index (κ3) is 2.26. The third-order valence-electron chi connectivity index (χ3n) is 4.37. The highest BCUT2D eigenvalue weighted by atomic mass is 35.5. The van der Waals surface area contributed by atoms with Crippen LogP contribution in [0, 0.1) is 0 Å². The normalized spacial score (nSPS) is 11.7. The second kappa shape index (κ2) is 5.80. The van der Waals surface area contributed by atoms with Crippen molar-refractivity contribution in [2.24, 2.45) is 0 Å². The van der Waals surface area contributed by atoms with Crippen LogP contribution in [0.15, 0.2) is 60.7 Å². The summed E-state index contributed by atoms with van der Waals surface area (Å²) < 4.78 is 0. The van der Waals surface area contributed by atoms with Crippen LogP contribution in [0.3, 0.4) is 0 Å². The standard InChI is InChI=1S/C19H14Cl2N2/c20-22-17-11-15-14-9-5-4-8-13(14)10-16(15)18(19(17)23-21)12-6-2-1-3-7-12/h1-9,11,22-23H,10H2. The van der Waals surface area contributed by atoms with E-state index in [0.717, 1.165) is 28.9 Å². The highest BCUT2D eigenvalue weighted by Crippen LogP contribution is 2.48. The second-order valence-electron chi connectivity index (χ2n) is 5.59. The summed E-state index contributed by atoms with van der Waals surface area (Å²) in [7, 11) is 0. The fourth-order valence-electron chi connectivity index (χ4n) is 3.37. The van der Waals surface area contributed by atoms with E-state index in [1.165, 1.54) is 22.3 Å². The molecule has 1 aliphatic rings. The maximum Gasteiger partial charge on any atom is 0.0816 e. The Labute approximate surface area is 145 Å².